The maximum atomic E-state index is 12.0. The monoisotopic (exact) mass is 282 g/mol. The maximum absolute atomic E-state index is 12.0. The number of halogens is 1. The van der Waals surface area contributed by atoms with Crippen LogP contribution in [0.15, 0.2) is 18.2 Å². The molecule has 0 saturated heterocycles. The molecule has 0 bridgehead atoms. The van der Waals surface area contributed by atoms with Crippen molar-refractivity contribution in [3.8, 4) is 0 Å². The molecule has 2 aromatic rings. The molecule has 0 fully saturated rings. The van der Waals surface area contributed by atoms with Gasteiger partial charge in [-0.2, -0.15) is 0 Å². The van der Waals surface area contributed by atoms with Crippen molar-refractivity contribution in [3.05, 3.63) is 39.1 Å². The molecule has 2 rings (SSSR count). The molecule has 0 unspecified atom stereocenters. The molecule has 0 aliphatic rings. The van der Waals surface area contributed by atoms with Crippen molar-refractivity contribution in [2.45, 2.75) is 13.5 Å². The van der Waals surface area contributed by atoms with Crippen molar-refractivity contribution in [1.29, 1.82) is 0 Å². The van der Waals surface area contributed by atoms with Crippen LogP contribution in [-0.2, 0) is 6.54 Å². The Bertz CT molecular complexity index is 572. The Morgan fingerprint density at radius 2 is 2.22 bits per heavy atom. The maximum Gasteiger partial charge on any atom is 0.284 e. The molecule has 0 saturated carbocycles. The highest BCUT2D eigenvalue weighted by molar-refractivity contribution is 7.17. The normalized spacial score (nSPS) is 10.4. The Hall–Kier alpha value is -1.53. The van der Waals surface area contributed by atoms with Crippen molar-refractivity contribution in [3.63, 3.8) is 0 Å². The molecule has 0 aromatic carbocycles. The average Bonchev–Trinajstić information content (AvgIpc) is 2.75. The molecule has 0 aliphatic heterocycles. The fraction of sp³-hybridized carbons (Fsp3) is 0.273. The molecule has 2 heterocycles. The third-order valence-electron chi connectivity index (χ3n) is 2.28. The van der Waals surface area contributed by atoms with Gasteiger partial charge < -0.3 is 4.90 Å². The minimum Gasteiger partial charge on any atom is -0.334 e. The topological polar surface area (TPSA) is 59.0 Å². The summed E-state index contributed by atoms with van der Waals surface area (Å²) in [5, 5.41) is 7.62. The smallest absolute Gasteiger partial charge is 0.284 e. The van der Waals surface area contributed by atoms with E-state index in [1.54, 1.807) is 11.9 Å². The number of hydrogen-bond donors (Lipinski definition) is 0. The summed E-state index contributed by atoms with van der Waals surface area (Å²) in [4.78, 5) is 17.9. The quantitative estimate of drug-likeness (QED) is 0.866. The van der Waals surface area contributed by atoms with Gasteiger partial charge in [0.15, 0.2) is 0 Å². The van der Waals surface area contributed by atoms with Crippen molar-refractivity contribution in [2.75, 3.05) is 7.05 Å². The van der Waals surface area contributed by atoms with E-state index in [1.807, 2.05) is 25.1 Å². The largest absolute Gasteiger partial charge is 0.334 e. The lowest BCUT2D eigenvalue weighted by Crippen LogP contribution is -2.26. The number of aryl methyl sites for hydroxylation is 1. The highest BCUT2D eigenvalue weighted by Gasteiger charge is 2.17. The second kappa shape index (κ2) is 5.41. The SMILES string of the molecule is Cc1cccc(CN(C)C(=O)c2nnc(Cl)s2)n1. The molecule has 5 nitrogen and oxygen atoms in total. The van der Waals surface area contributed by atoms with Crippen LogP contribution in [0.3, 0.4) is 0 Å². The summed E-state index contributed by atoms with van der Waals surface area (Å²) < 4.78 is 0.264. The first-order chi connectivity index (χ1) is 8.56. The molecule has 0 aliphatic carbocycles. The van der Waals surface area contributed by atoms with Crippen LogP contribution in [0, 0.1) is 6.92 Å². The molecule has 18 heavy (non-hydrogen) atoms. The lowest BCUT2D eigenvalue weighted by atomic mass is 10.3. The lowest BCUT2D eigenvalue weighted by molar-refractivity contribution is 0.0782. The number of pyridine rings is 1. The highest BCUT2D eigenvalue weighted by Crippen LogP contribution is 2.16. The van der Waals surface area contributed by atoms with Crippen molar-refractivity contribution >= 4 is 28.8 Å². The summed E-state index contributed by atoms with van der Waals surface area (Å²) in [7, 11) is 1.70. The number of aromatic nitrogens is 3. The van der Waals surface area contributed by atoms with Gasteiger partial charge in [-0.05, 0) is 30.7 Å². The number of hydrogen-bond acceptors (Lipinski definition) is 5. The van der Waals surface area contributed by atoms with E-state index in [0.29, 0.717) is 6.54 Å². The molecule has 0 atom stereocenters. The molecule has 94 valence electrons. The molecular formula is C11H11ClN4OS. The zero-order chi connectivity index (χ0) is 13.1. The van der Waals surface area contributed by atoms with Crippen LogP contribution in [0.1, 0.15) is 21.2 Å². The minimum atomic E-state index is -0.206. The van der Waals surface area contributed by atoms with Crippen LogP contribution < -0.4 is 0 Å². The molecule has 0 N–H and O–H groups in total. The zero-order valence-corrected chi connectivity index (χ0v) is 11.5. The Labute approximate surface area is 113 Å². The van der Waals surface area contributed by atoms with Crippen LogP contribution in [0.4, 0.5) is 0 Å². The van der Waals surface area contributed by atoms with Crippen LogP contribution in [-0.4, -0.2) is 33.0 Å². The van der Waals surface area contributed by atoms with Crippen molar-refractivity contribution in [1.82, 2.24) is 20.1 Å². The zero-order valence-electron chi connectivity index (χ0n) is 9.92. The lowest BCUT2D eigenvalue weighted by Gasteiger charge is -2.14. The summed E-state index contributed by atoms with van der Waals surface area (Å²) in [6.07, 6.45) is 0. The van der Waals surface area contributed by atoms with Gasteiger partial charge >= 0.3 is 0 Å². The van der Waals surface area contributed by atoms with Gasteiger partial charge in [-0.15, -0.1) is 10.2 Å². The molecule has 7 heteroatoms. The van der Waals surface area contributed by atoms with E-state index in [4.69, 9.17) is 11.6 Å². The van der Waals surface area contributed by atoms with Gasteiger partial charge in [0, 0.05) is 12.7 Å². The van der Waals surface area contributed by atoms with Crippen LogP contribution in [0.2, 0.25) is 4.47 Å². The van der Waals surface area contributed by atoms with E-state index in [0.717, 1.165) is 22.7 Å². The number of carbonyl (C=O) groups excluding carboxylic acids is 1. The second-order valence-electron chi connectivity index (χ2n) is 3.79. The van der Waals surface area contributed by atoms with Gasteiger partial charge in [-0.3, -0.25) is 9.78 Å². The van der Waals surface area contributed by atoms with Crippen LogP contribution in [0.25, 0.3) is 0 Å². The predicted octanol–water partition coefficient (Wildman–Crippen LogP) is 2.17. The standard InChI is InChI=1S/C11H11ClN4OS/c1-7-4-3-5-8(13-7)6-16(2)10(17)9-14-15-11(12)18-9/h3-5H,6H2,1-2H3. The van der Waals surface area contributed by atoms with E-state index in [1.165, 1.54) is 0 Å². The summed E-state index contributed by atoms with van der Waals surface area (Å²) in [6, 6.07) is 5.71. The Morgan fingerprint density at radius 3 is 2.83 bits per heavy atom. The van der Waals surface area contributed by atoms with Gasteiger partial charge in [0.2, 0.25) is 9.47 Å². The number of amides is 1. The van der Waals surface area contributed by atoms with Gasteiger partial charge in [0.1, 0.15) is 0 Å². The van der Waals surface area contributed by atoms with Gasteiger partial charge in [-0.1, -0.05) is 17.4 Å². The minimum absolute atomic E-state index is 0.206. The summed E-state index contributed by atoms with van der Waals surface area (Å²) in [5.74, 6) is -0.206. The third-order valence-corrected chi connectivity index (χ3v) is 3.28. The van der Waals surface area contributed by atoms with Crippen LogP contribution >= 0.6 is 22.9 Å². The summed E-state index contributed by atoms with van der Waals surface area (Å²) in [6.45, 7) is 2.34. The number of rotatable bonds is 3. The van der Waals surface area contributed by atoms with E-state index in [9.17, 15) is 4.79 Å². The van der Waals surface area contributed by atoms with Crippen LogP contribution in [0.5, 0.6) is 0 Å². The molecule has 1 amide bonds. The van der Waals surface area contributed by atoms with Gasteiger partial charge in [0.05, 0.1) is 12.2 Å². The molecule has 2 aromatic heterocycles. The molecule has 0 spiro atoms. The first kappa shape index (κ1) is 12.9. The van der Waals surface area contributed by atoms with E-state index in [2.05, 4.69) is 15.2 Å². The first-order valence-corrected chi connectivity index (χ1v) is 6.42. The highest BCUT2D eigenvalue weighted by atomic mass is 35.5. The van der Waals surface area contributed by atoms with E-state index >= 15 is 0 Å². The van der Waals surface area contributed by atoms with E-state index in [-0.39, 0.29) is 15.4 Å². The predicted molar refractivity (Wildman–Crippen MR) is 69.7 cm³/mol. The van der Waals surface area contributed by atoms with Gasteiger partial charge in [0.25, 0.3) is 5.91 Å². The summed E-state index contributed by atoms with van der Waals surface area (Å²) in [5.41, 5.74) is 1.76. The third kappa shape index (κ3) is 3.02. The fourth-order valence-electron chi connectivity index (χ4n) is 1.46. The van der Waals surface area contributed by atoms with Gasteiger partial charge in [-0.25, -0.2) is 0 Å². The molecule has 0 radical (unpaired) electrons. The number of nitrogens with zero attached hydrogens (tertiary/aromatic N) is 4. The number of carbonyl (C=O) groups is 1. The Balaban J connectivity index is 2.08. The average molecular weight is 283 g/mol. The Kier molecular flexibility index (Phi) is 3.88. The summed E-state index contributed by atoms with van der Waals surface area (Å²) >= 11 is 6.72. The molecular weight excluding hydrogens is 272 g/mol. The van der Waals surface area contributed by atoms with Crippen molar-refractivity contribution in [2.24, 2.45) is 0 Å². The Morgan fingerprint density at radius 1 is 1.44 bits per heavy atom. The second-order valence-corrected chi connectivity index (χ2v) is 5.35. The fourth-order valence-corrected chi connectivity index (χ4v) is 2.28. The van der Waals surface area contributed by atoms with E-state index < -0.39 is 0 Å². The first-order valence-electron chi connectivity index (χ1n) is 5.23. The van der Waals surface area contributed by atoms with Crippen molar-refractivity contribution < 1.29 is 4.79 Å².